The summed E-state index contributed by atoms with van der Waals surface area (Å²) in [5.74, 6) is 0.619. The molecule has 0 atom stereocenters. The van der Waals surface area contributed by atoms with E-state index in [9.17, 15) is 10.1 Å². The van der Waals surface area contributed by atoms with Crippen LogP contribution in [0.4, 0.5) is 11.4 Å². The predicted octanol–water partition coefficient (Wildman–Crippen LogP) is 3.52. The smallest absolute Gasteiger partial charge is 0.292 e. The summed E-state index contributed by atoms with van der Waals surface area (Å²) in [4.78, 5) is 10.6. The Hall–Kier alpha value is -2.04. The van der Waals surface area contributed by atoms with E-state index in [-0.39, 0.29) is 10.6 Å². The summed E-state index contributed by atoms with van der Waals surface area (Å²) >= 11 is 0. The van der Waals surface area contributed by atoms with Crippen LogP contribution in [0.2, 0.25) is 0 Å². The number of allylic oxidation sites excluding steroid dienone is 1. The lowest BCUT2D eigenvalue weighted by atomic mass is 10.1. The van der Waals surface area contributed by atoms with Gasteiger partial charge in [0.15, 0.2) is 0 Å². The fraction of sp³-hybridized carbons (Fsp3) is 0.429. The van der Waals surface area contributed by atoms with Crippen LogP contribution in [-0.2, 0) is 0 Å². The summed E-state index contributed by atoms with van der Waals surface area (Å²) < 4.78 is 5.10. The van der Waals surface area contributed by atoms with Crippen LogP contribution in [0.5, 0.6) is 5.75 Å². The maximum absolute atomic E-state index is 11.0. The van der Waals surface area contributed by atoms with E-state index in [4.69, 9.17) is 4.74 Å². The summed E-state index contributed by atoms with van der Waals surface area (Å²) in [6, 6.07) is 4.74. The number of nitrogens with one attached hydrogen (secondary N) is 1. The number of nitro benzene ring substituents is 1. The molecule has 2 rings (SSSR count). The minimum absolute atomic E-state index is 0.0844. The maximum atomic E-state index is 11.0. The van der Waals surface area contributed by atoms with Gasteiger partial charge >= 0.3 is 0 Å². The minimum Gasteiger partial charge on any atom is -0.497 e. The van der Waals surface area contributed by atoms with Crippen molar-refractivity contribution in [3.63, 3.8) is 0 Å². The lowest BCUT2D eigenvalue weighted by Gasteiger charge is -2.09. The molecule has 0 spiro atoms. The van der Waals surface area contributed by atoms with Gasteiger partial charge in [0, 0.05) is 18.7 Å². The van der Waals surface area contributed by atoms with Gasteiger partial charge in [0.25, 0.3) is 5.69 Å². The molecule has 0 saturated heterocycles. The highest BCUT2D eigenvalue weighted by molar-refractivity contribution is 5.64. The third-order valence-electron chi connectivity index (χ3n) is 3.30. The molecule has 19 heavy (non-hydrogen) atoms. The predicted molar refractivity (Wildman–Crippen MR) is 74.7 cm³/mol. The molecule has 1 aliphatic rings. The van der Waals surface area contributed by atoms with E-state index in [2.05, 4.69) is 11.4 Å². The quantitative estimate of drug-likeness (QED) is 0.484. The Kier molecular flexibility index (Phi) is 4.39. The summed E-state index contributed by atoms with van der Waals surface area (Å²) in [6.45, 7) is 0.708. The van der Waals surface area contributed by atoms with E-state index < -0.39 is 0 Å². The standard InChI is InChI=1S/C14H18N2O3/c1-19-12-6-7-14(16(17)18)13(10-12)15-9-8-11-4-2-3-5-11/h4,6-7,10,15H,2-3,5,8-9H2,1H3. The number of ether oxygens (including phenoxy) is 1. The first-order chi connectivity index (χ1) is 9.20. The third-order valence-corrected chi connectivity index (χ3v) is 3.30. The molecule has 5 nitrogen and oxygen atoms in total. The molecule has 0 bridgehead atoms. The van der Waals surface area contributed by atoms with Crippen LogP contribution >= 0.6 is 0 Å². The maximum Gasteiger partial charge on any atom is 0.292 e. The largest absolute Gasteiger partial charge is 0.497 e. The number of nitro groups is 1. The zero-order valence-corrected chi connectivity index (χ0v) is 11.0. The molecule has 1 aromatic carbocycles. The van der Waals surface area contributed by atoms with Crippen LogP contribution in [0.1, 0.15) is 25.7 Å². The zero-order chi connectivity index (χ0) is 13.7. The molecule has 0 amide bonds. The van der Waals surface area contributed by atoms with Crippen molar-refractivity contribution in [2.24, 2.45) is 0 Å². The first-order valence-corrected chi connectivity index (χ1v) is 6.45. The number of benzene rings is 1. The molecular formula is C14H18N2O3. The van der Waals surface area contributed by atoms with Gasteiger partial charge in [-0.25, -0.2) is 0 Å². The molecule has 0 saturated carbocycles. The second kappa shape index (κ2) is 6.22. The first-order valence-electron chi connectivity index (χ1n) is 6.45. The average Bonchev–Trinajstić information content (AvgIpc) is 2.91. The van der Waals surface area contributed by atoms with Crippen molar-refractivity contribution >= 4 is 11.4 Å². The number of anilines is 1. The lowest BCUT2D eigenvalue weighted by molar-refractivity contribution is -0.384. The van der Waals surface area contributed by atoms with E-state index >= 15 is 0 Å². The van der Waals surface area contributed by atoms with Crippen molar-refractivity contribution in [1.82, 2.24) is 0 Å². The van der Waals surface area contributed by atoms with Gasteiger partial charge in [-0.05, 0) is 31.7 Å². The van der Waals surface area contributed by atoms with Crippen molar-refractivity contribution in [2.45, 2.75) is 25.7 Å². The Bertz CT molecular complexity index is 497. The molecule has 0 radical (unpaired) electrons. The molecule has 0 fully saturated rings. The Morgan fingerprint density at radius 3 is 2.95 bits per heavy atom. The number of methoxy groups -OCH3 is 1. The molecule has 0 aromatic heterocycles. The van der Waals surface area contributed by atoms with Gasteiger partial charge in [0.05, 0.1) is 12.0 Å². The van der Waals surface area contributed by atoms with Crippen molar-refractivity contribution in [3.05, 3.63) is 40.0 Å². The molecule has 0 aliphatic heterocycles. The fourth-order valence-electron chi connectivity index (χ4n) is 2.27. The second-order valence-electron chi connectivity index (χ2n) is 4.57. The van der Waals surface area contributed by atoms with Gasteiger partial charge in [0.1, 0.15) is 11.4 Å². The second-order valence-corrected chi connectivity index (χ2v) is 4.57. The lowest BCUT2D eigenvalue weighted by Crippen LogP contribution is -2.05. The number of nitrogens with zero attached hydrogens (tertiary/aromatic N) is 1. The van der Waals surface area contributed by atoms with Gasteiger partial charge < -0.3 is 10.1 Å². The van der Waals surface area contributed by atoms with Crippen molar-refractivity contribution < 1.29 is 9.66 Å². The highest BCUT2D eigenvalue weighted by atomic mass is 16.6. The zero-order valence-electron chi connectivity index (χ0n) is 11.0. The number of rotatable bonds is 6. The van der Waals surface area contributed by atoms with Crippen LogP contribution in [0.25, 0.3) is 0 Å². The van der Waals surface area contributed by atoms with E-state index in [1.165, 1.54) is 18.1 Å². The molecule has 1 aliphatic carbocycles. The van der Waals surface area contributed by atoms with Gasteiger partial charge in [0.2, 0.25) is 0 Å². The van der Waals surface area contributed by atoms with E-state index in [0.717, 1.165) is 19.3 Å². The summed E-state index contributed by atoms with van der Waals surface area (Å²) in [5.41, 5.74) is 2.04. The van der Waals surface area contributed by atoms with E-state index in [0.29, 0.717) is 18.0 Å². The summed E-state index contributed by atoms with van der Waals surface area (Å²) in [7, 11) is 1.55. The SMILES string of the molecule is COc1ccc([N+](=O)[O-])c(NCCC2=CCCC2)c1. The number of hydrogen-bond acceptors (Lipinski definition) is 4. The minimum atomic E-state index is -0.378. The van der Waals surface area contributed by atoms with E-state index in [1.54, 1.807) is 19.2 Å². The monoisotopic (exact) mass is 262 g/mol. The molecule has 1 N–H and O–H groups in total. The van der Waals surface area contributed by atoms with Crippen LogP contribution in [-0.4, -0.2) is 18.6 Å². The van der Waals surface area contributed by atoms with Crippen LogP contribution in [0, 0.1) is 10.1 Å². The highest BCUT2D eigenvalue weighted by Crippen LogP contribution is 2.29. The van der Waals surface area contributed by atoms with Crippen molar-refractivity contribution in [2.75, 3.05) is 19.0 Å². The summed E-state index contributed by atoms with van der Waals surface area (Å²) in [6.07, 6.45) is 6.75. The van der Waals surface area contributed by atoms with Gasteiger partial charge in [-0.1, -0.05) is 11.6 Å². The molecule has 0 heterocycles. The Morgan fingerprint density at radius 1 is 1.47 bits per heavy atom. The van der Waals surface area contributed by atoms with E-state index in [1.807, 2.05) is 0 Å². The van der Waals surface area contributed by atoms with Crippen LogP contribution in [0.15, 0.2) is 29.8 Å². The Balaban J connectivity index is 2.02. The third kappa shape index (κ3) is 3.47. The molecule has 1 aromatic rings. The van der Waals surface area contributed by atoms with Crippen LogP contribution in [0.3, 0.4) is 0 Å². The number of hydrogen-bond donors (Lipinski definition) is 1. The van der Waals surface area contributed by atoms with Crippen LogP contribution < -0.4 is 10.1 Å². The molecule has 0 unspecified atom stereocenters. The molecule has 102 valence electrons. The Morgan fingerprint density at radius 2 is 2.32 bits per heavy atom. The van der Waals surface area contributed by atoms with Crippen molar-refractivity contribution in [3.8, 4) is 5.75 Å². The van der Waals surface area contributed by atoms with Crippen molar-refractivity contribution in [1.29, 1.82) is 0 Å². The Labute approximate surface area is 112 Å². The van der Waals surface area contributed by atoms with Gasteiger partial charge in [-0.2, -0.15) is 0 Å². The topological polar surface area (TPSA) is 64.4 Å². The molecule has 5 heteroatoms. The fourth-order valence-corrected chi connectivity index (χ4v) is 2.27. The molecular weight excluding hydrogens is 244 g/mol. The average molecular weight is 262 g/mol. The van der Waals surface area contributed by atoms with Gasteiger partial charge in [-0.15, -0.1) is 0 Å². The normalized spacial score (nSPS) is 14.1. The van der Waals surface area contributed by atoms with Gasteiger partial charge in [-0.3, -0.25) is 10.1 Å². The summed E-state index contributed by atoms with van der Waals surface area (Å²) in [5, 5.41) is 14.1. The highest BCUT2D eigenvalue weighted by Gasteiger charge is 2.14. The first kappa shape index (κ1) is 13.4.